The smallest absolute Gasteiger partial charge is 0.244 e. The van der Waals surface area contributed by atoms with Gasteiger partial charge in [0, 0.05) is 13.1 Å². The summed E-state index contributed by atoms with van der Waals surface area (Å²) in [5.74, 6) is -0.522. The molecule has 0 spiro atoms. The Labute approximate surface area is 183 Å². The van der Waals surface area contributed by atoms with Gasteiger partial charge in [0.15, 0.2) is 11.5 Å². The SMILES string of the molecule is CCN(Cc1ccc(OC)c(OC)c1)C(=O)[C@@H](NS(=O)(=O)c1ccccc1F)C(C)C. The van der Waals surface area contributed by atoms with Gasteiger partial charge in [-0.2, -0.15) is 4.72 Å². The molecule has 0 saturated heterocycles. The minimum atomic E-state index is -4.22. The van der Waals surface area contributed by atoms with Crippen molar-refractivity contribution >= 4 is 15.9 Å². The van der Waals surface area contributed by atoms with E-state index in [0.717, 1.165) is 11.6 Å². The molecular weight excluding hydrogens is 423 g/mol. The summed E-state index contributed by atoms with van der Waals surface area (Å²) in [6, 6.07) is 9.34. The molecule has 7 nitrogen and oxygen atoms in total. The van der Waals surface area contributed by atoms with Crippen molar-refractivity contribution in [3.8, 4) is 11.5 Å². The predicted octanol–water partition coefficient (Wildman–Crippen LogP) is 3.19. The Hall–Kier alpha value is -2.65. The van der Waals surface area contributed by atoms with E-state index >= 15 is 0 Å². The Morgan fingerprint density at radius 1 is 1.10 bits per heavy atom. The fourth-order valence-corrected chi connectivity index (χ4v) is 4.52. The van der Waals surface area contributed by atoms with Crippen molar-refractivity contribution in [1.29, 1.82) is 0 Å². The summed E-state index contributed by atoms with van der Waals surface area (Å²) in [5.41, 5.74) is 0.798. The largest absolute Gasteiger partial charge is 0.493 e. The number of carbonyl (C=O) groups excluding carboxylic acids is 1. The average molecular weight is 453 g/mol. The standard InChI is InChI=1S/C22H29FN2O5S/c1-6-25(14-16-11-12-18(29-4)19(13-16)30-5)22(26)21(15(2)3)24-31(27,28)20-10-8-7-9-17(20)23/h7-13,15,21,24H,6,14H2,1-5H3/t21-/m0/s1. The Balaban J connectivity index is 2.27. The maximum absolute atomic E-state index is 14.0. The number of hydrogen-bond donors (Lipinski definition) is 1. The van der Waals surface area contributed by atoms with Crippen LogP contribution >= 0.6 is 0 Å². The summed E-state index contributed by atoms with van der Waals surface area (Å²) in [4.78, 5) is 14.3. The molecule has 0 heterocycles. The Morgan fingerprint density at radius 2 is 1.74 bits per heavy atom. The minimum Gasteiger partial charge on any atom is -0.493 e. The van der Waals surface area contributed by atoms with E-state index in [2.05, 4.69) is 4.72 Å². The van der Waals surface area contributed by atoms with Gasteiger partial charge in [0.05, 0.1) is 14.2 Å². The second-order valence-electron chi connectivity index (χ2n) is 7.32. The highest BCUT2D eigenvalue weighted by molar-refractivity contribution is 7.89. The molecule has 0 saturated carbocycles. The number of methoxy groups -OCH3 is 2. The van der Waals surface area contributed by atoms with Crippen LogP contribution in [-0.4, -0.2) is 46.0 Å². The second-order valence-corrected chi connectivity index (χ2v) is 9.00. The van der Waals surface area contributed by atoms with E-state index in [4.69, 9.17) is 9.47 Å². The first-order valence-electron chi connectivity index (χ1n) is 9.91. The van der Waals surface area contributed by atoms with Gasteiger partial charge in [0.25, 0.3) is 0 Å². The number of nitrogens with one attached hydrogen (secondary N) is 1. The quantitative estimate of drug-likeness (QED) is 0.599. The van der Waals surface area contributed by atoms with Crippen molar-refractivity contribution in [2.75, 3.05) is 20.8 Å². The molecule has 0 radical (unpaired) electrons. The van der Waals surface area contributed by atoms with E-state index in [9.17, 15) is 17.6 Å². The highest BCUT2D eigenvalue weighted by Gasteiger charge is 2.32. The lowest BCUT2D eigenvalue weighted by atomic mass is 10.0. The number of ether oxygens (including phenoxy) is 2. The summed E-state index contributed by atoms with van der Waals surface area (Å²) < 4.78 is 52.5. The van der Waals surface area contributed by atoms with Crippen molar-refractivity contribution < 1.29 is 27.1 Å². The fourth-order valence-electron chi connectivity index (χ4n) is 3.11. The van der Waals surface area contributed by atoms with E-state index in [1.807, 2.05) is 6.07 Å². The number of rotatable bonds is 10. The van der Waals surface area contributed by atoms with E-state index in [0.29, 0.717) is 18.0 Å². The van der Waals surface area contributed by atoms with Crippen molar-refractivity contribution in [3.05, 3.63) is 53.8 Å². The third-order valence-corrected chi connectivity index (χ3v) is 6.33. The van der Waals surface area contributed by atoms with Crippen LogP contribution in [0, 0.1) is 11.7 Å². The molecule has 0 unspecified atom stereocenters. The van der Waals surface area contributed by atoms with Gasteiger partial charge in [0.1, 0.15) is 16.8 Å². The first-order chi connectivity index (χ1) is 14.6. The Morgan fingerprint density at radius 3 is 2.29 bits per heavy atom. The van der Waals surface area contributed by atoms with Crippen LogP contribution in [0.3, 0.4) is 0 Å². The lowest BCUT2D eigenvalue weighted by molar-refractivity contribution is -0.134. The van der Waals surface area contributed by atoms with Gasteiger partial charge in [0.2, 0.25) is 15.9 Å². The molecule has 2 aromatic rings. The molecule has 2 aromatic carbocycles. The normalized spacial score (nSPS) is 12.5. The molecule has 31 heavy (non-hydrogen) atoms. The van der Waals surface area contributed by atoms with Crippen LogP contribution in [0.1, 0.15) is 26.3 Å². The summed E-state index contributed by atoms with van der Waals surface area (Å²) in [7, 11) is -1.16. The highest BCUT2D eigenvalue weighted by Crippen LogP contribution is 2.28. The van der Waals surface area contributed by atoms with E-state index in [1.54, 1.807) is 32.9 Å². The molecule has 0 aromatic heterocycles. The zero-order valence-electron chi connectivity index (χ0n) is 18.4. The van der Waals surface area contributed by atoms with Crippen molar-refractivity contribution in [3.63, 3.8) is 0 Å². The number of sulfonamides is 1. The number of amides is 1. The van der Waals surface area contributed by atoms with Gasteiger partial charge >= 0.3 is 0 Å². The molecule has 170 valence electrons. The summed E-state index contributed by atoms with van der Waals surface area (Å²) >= 11 is 0. The van der Waals surface area contributed by atoms with Crippen LogP contribution in [0.15, 0.2) is 47.4 Å². The molecule has 1 amide bonds. The van der Waals surface area contributed by atoms with Gasteiger partial charge in [-0.05, 0) is 42.7 Å². The number of benzene rings is 2. The van der Waals surface area contributed by atoms with Crippen molar-refractivity contribution in [2.24, 2.45) is 5.92 Å². The molecule has 0 fully saturated rings. The molecule has 0 aliphatic carbocycles. The third kappa shape index (κ3) is 5.95. The first-order valence-corrected chi connectivity index (χ1v) is 11.4. The lowest BCUT2D eigenvalue weighted by Gasteiger charge is -2.29. The zero-order chi connectivity index (χ0) is 23.2. The zero-order valence-corrected chi connectivity index (χ0v) is 19.2. The summed E-state index contributed by atoms with van der Waals surface area (Å²) in [5, 5.41) is 0. The van der Waals surface area contributed by atoms with Crippen LogP contribution in [0.25, 0.3) is 0 Å². The average Bonchev–Trinajstić information content (AvgIpc) is 2.75. The van der Waals surface area contributed by atoms with Gasteiger partial charge < -0.3 is 14.4 Å². The Bertz CT molecular complexity index is 1010. The number of halogens is 1. The maximum Gasteiger partial charge on any atom is 0.244 e. The number of nitrogens with zero attached hydrogens (tertiary/aromatic N) is 1. The van der Waals surface area contributed by atoms with Crippen LogP contribution in [0.2, 0.25) is 0 Å². The van der Waals surface area contributed by atoms with E-state index < -0.39 is 32.7 Å². The molecule has 0 aliphatic heterocycles. The van der Waals surface area contributed by atoms with Gasteiger partial charge in [-0.3, -0.25) is 4.79 Å². The first kappa shape index (κ1) is 24.6. The number of carbonyl (C=O) groups is 1. The van der Waals surface area contributed by atoms with Gasteiger partial charge in [-0.25, -0.2) is 12.8 Å². The molecule has 0 bridgehead atoms. The highest BCUT2D eigenvalue weighted by atomic mass is 32.2. The van der Waals surface area contributed by atoms with Crippen LogP contribution in [0.5, 0.6) is 11.5 Å². The fraction of sp³-hybridized carbons (Fsp3) is 0.409. The second kappa shape index (κ2) is 10.6. The minimum absolute atomic E-state index is 0.250. The Kier molecular flexibility index (Phi) is 8.41. The topological polar surface area (TPSA) is 84.9 Å². The lowest BCUT2D eigenvalue weighted by Crippen LogP contribution is -2.51. The molecule has 2 rings (SSSR count). The summed E-state index contributed by atoms with van der Waals surface area (Å²) in [6.07, 6.45) is 0. The molecular formula is C22H29FN2O5S. The van der Waals surface area contributed by atoms with Gasteiger partial charge in [-0.1, -0.05) is 32.0 Å². The molecule has 9 heteroatoms. The molecule has 0 aliphatic rings. The number of likely N-dealkylation sites (N-methyl/N-ethyl adjacent to an activating group) is 1. The predicted molar refractivity (Wildman–Crippen MR) is 116 cm³/mol. The van der Waals surface area contributed by atoms with E-state index in [-0.39, 0.29) is 12.5 Å². The van der Waals surface area contributed by atoms with E-state index in [1.165, 1.54) is 37.3 Å². The third-order valence-electron chi connectivity index (χ3n) is 4.86. The van der Waals surface area contributed by atoms with Gasteiger partial charge in [-0.15, -0.1) is 0 Å². The summed E-state index contributed by atoms with van der Waals surface area (Å²) in [6.45, 7) is 5.88. The molecule has 1 atom stereocenters. The van der Waals surface area contributed by atoms with Crippen molar-refractivity contribution in [2.45, 2.75) is 38.3 Å². The van der Waals surface area contributed by atoms with Crippen LogP contribution in [0.4, 0.5) is 4.39 Å². The number of hydrogen-bond acceptors (Lipinski definition) is 5. The van der Waals surface area contributed by atoms with Crippen LogP contribution in [-0.2, 0) is 21.4 Å². The van der Waals surface area contributed by atoms with Crippen molar-refractivity contribution in [1.82, 2.24) is 9.62 Å². The molecule has 1 N–H and O–H groups in total. The maximum atomic E-state index is 14.0. The van der Waals surface area contributed by atoms with Crippen LogP contribution < -0.4 is 14.2 Å². The monoisotopic (exact) mass is 452 g/mol.